The third-order valence-corrected chi connectivity index (χ3v) is 6.02. The van der Waals surface area contributed by atoms with E-state index in [1.807, 2.05) is 23.1 Å². The van der Waals surface area contributed by atoms with Crippen molar-refractivity contribution < 1.29 is 9.59 Å². The number of carbonyl (C=O) groups excluding carboxylic acids is 2. The molecule has 3 amide bonds. The van der Waals surface area contributed by atoms with Gasteiger partial charge >= 0.3 is 6.03 Å². The second-order valence-electron chi connectivity index (χ2n) is 8.15. The number of hydrogen-bond acceptors (Lipinski definition) is 4. The Bertz CT molecular complexity index is 862. The molecule has 0 aliphatic carbocycles. The fourth-order valence-electron chi connectivity index (χ4n) is 4.30. The quantitative estimate of drug-likeness (QED) is 0.793. The van der Waals surface area contributed by atoms with Gasteiger partial charge in [0.25, 0.3) is 0 Å². The Balaban J connectivity index is 1.34. The third-order valence-electron chi connectivity index (χ3n) is 6.02. The summed E-state index contributed by atoms with van der Waals surface area (Å²) in [5.41, 5.74) is 1.32. The zero-order chi connectivity index (χ0) is 20.9. The first-order valence-electron chi connectivity index (χ1n) is 10.8. The van der Waals surface area contributed by atoms with Crippen LogP contribution in [0.3, 0.4) is 0 Å². The van der Waals surface area contributed by atoms with Gasteiger partial charge in [-0.3, -0.25) is 14.4 Å². The van der Waals surface area contributed by atoms with Gasteiger partial charge in [-0.2, -0.15) is 5.10 Å². The monoisotopic (exact) mass is 410 g/mol. The molecule has 2 fully saturated rings. The van der Waals surface area contributed by atoms with E-state index in [-0.39, 0.29) is 11.9 Å². The maximum atomic E-state index is 12.8. The highest BCUT2D eigenvalue weighted by molar-refractivity contribution is 5.95. The standard InChI is InChI=1S/C22H30N6O2/c1-17(28-14-6-10-23-28)21(29)24-18-7-4-8-19(15-18)25-22(30)27-13-5-9-20(16-27)26-11-2-3-12-26/h4,6-8,10,14-15,17,20H,2-3,5,9,11-13,16H2,1H3,(H,24,29)(H,25,30). The van der Waals surface area contributed by atoms with Gasteiger partial charge in [-0.25, -0.2) is 4.79 Å². The molecule has 4 rings (SSSR count). The van der Waals surface area contributed by atoms with Crippen molar-refractivity contribution in [2.75, 3.05) is 36.8 Å². The number of benzene rings is 1. The summed E-state index contributed by atoms with van der Waals surface area (Å²) in [5, 5.41) is 10.0. The van der Waals surface area contributed by atoms with Crippen molar-refractivity contribution >= 4 is 23.3 Å². The van der Waals surface area contributed by atoms with E-state index in [1.165, 1.54) is 19.3 Å². The predicted octanol–water partition coefficient (Wildman–Crippen LogP) is 3.17. The molecule has 2 aliphatic rings. The van der Waals surface area contributed by atoms with Crippen LogP contribution >= 0.6 is 0 Å². The van der Waals surface area contributed by atoms with Crippen molar-refractivity contribution in [2.45, 2.75) is 44.7 Å². The predicted molar refractivity (Wildman–Crippen MR) is 116 cm³/mol. The molecule has 8 nitrogen and oxygen atoms in total. The molecule has 2 aromatic rings. The lowest BCUT2D eigenvalue weighted by Crippen LogP contribution is -2.50. The number of nitrogens with one attached hydrogen (secondary N) is 2. The molecule has 2 atom stereocenters. The number of likely N-dealkylation sites (tertiary alicyclic amines) is 2. The van der Waals surface area contributed by atoms with E-state index >= 15 is 0 Å². The molecule has 1 aromatic carbocycles. The molecule has 0 bridgehead atoms. The zero-order valence-electron chi connectivity index (χ0n) is 17.5. The van der Waals surface area contributed by atoms with Crippen LogP contribution in [0.4, 0.5) is 16.2 Å². The van der Waals surface area contributed by atoms with E-state index < -0.39 is 6.04 Å². The second kappa shape index (κ2) is 9.30. The summed E-state index contributed by atoms with van der Waals surface area (Å²) in [6.07, 6.45) is 8.14. The van der Waals surface area contributed by atoms with Crippen LogP contribution in [-0.2, 0) is 4.79 Å². The van der Waals surface area contributed by atoms with E-state index in [1.54, 1.807) is 36.1 Å². The molecule has 160 valence electrons. The number of rotatable bonds is 5. The number of aromatic nitrogens is 2. The number of piperidine rings is 1. The van der Waals surface area contributed by atoms with Gasteiger partial charge in [-0.15, -0.1) is 0 Å². The molecular weight excluding hydrogens is 380 g/mol. The maximum absolute atomic E-state index is 12.8. The van der Waals surface area contributed by atoms with Crippen LogP contribution in [0.1, 0.15) is 38.6 Å². The van der Waals surface area contributed by atoms with Crippen molar-refractivity contribution in [2.24, 2.45) is 0 Å². The average Bonchev–Trinajstić information content (AvgIpc) is 3.48. The number of amides is 3. The number of urea groups is 1. The Labute approximate surface area is 177 Å². The SMILES string of the molecule is CC(C(=O)Nc1cccc(NC(=O)N2CCCC(N3CCCC3)C2)c1)n1cccn1. The summed E-state index contributed by atoms with van der Waals surface area (Å²) < 4.78 is 1.61. The van der Waals surface area contributed by atoms with Gasteiger partial charge in [-0.1, -0.05) is 6.07 Å². The second-order valence-corrected chi connectivity index (χ2v) is 8.15. The molecule has 0 radical (unpaired) electrons. The molecule has 30 heavy (non-hydrogen) atoms. The molecule has 2 saturated heterocycles. The summed E-state index contributed by atoms with van der Waals surface area (Å²) in [7, 11) is 0. The number of hydrogen-bond donors (Lipinski definition) is 2. The smallest absolute Gasteiger partial charge is 0.321 e. The Morgan fingerprint density at radius 3 is 2.57 bits per heavy atom. The zero-order valence-corrected chi connectivity index (χ0v) is 17.5. The number of nitrogens with zero attached hydrogens (tertiary/aromatic N) is 4. The van der Waals surface area contributed by atoms with Crippen LogP contribution in [0.2, 0.25) is 0 Å². The first-order valence-corrected chi connectivity index (χ1v) is 10.8. The van der Waals surface area contributed by atoms with Crippen LogP contribution in [0.5, 0.6) is 0 Å². The highest BCUT2D eigenvalue weighted by atomic mass is 16.2. The van der Waals surface area contributed by atoms with Gasteiger partial charge in [0.15, 0.2) is 0 Å². The molecule has 2 N–H and O–H groups in total. The van der Waals surface area contributed by atoms with Gasteiger partial charge < -0.3 is 15.5 Å². The van der Waals surface area contributed by atoms with E-state index in [0.29, 0.717) is 17.4 Å². The van der Waals surface area contributed by atoms with Crippen molar-refractivity contribution in [3.05, 3.63) is 42.7 Å². The van der Waals surface area contributed by atoms with Gasteiger partial charge in [0, 0.05) is 42.9 Å². The molecule has 3 heterocycles. The lowest BCUT2D eigenvalue weighted by Gasteiger charge is -2.37. The van der Waals surface area contributed by atoms with E-state index in [0.717, 1.165) is 32.6 Å². The summed E-state index contributed by atoms with van der Waals surface area (Å²) in [5.74, 6) is -0.160. The molecular formula is C22H30N6O2. The lowest BCUT2D eigenvalue weighted by molar-refractivity contribution is -0.119. The first kappa shape index (κ1) is 20.4. The summed E-state index contributed by atoms with van der Waals surface area (Å²) in [4.78, 5) is 29.7. The summed E-state index contributed by atoms with van der Waals surface area (Å²) in [6, 6.07) is 9.03. The van der Waals surface area contributed by atoms with E-state index in [9.17, 15) is 9.59 Å². The number of anilines is 2. The fourth-order valence-corrected chi connectivity index (χ4v) is 4.30. The van der Waals surface area contributed by atoms with Crippen molar-refractivity contribution in [3.8, 4) is 0 Å². The molecule has 8 heteroatoms. The normalized spacial score (nSPS) is 20.7. The van der Waals surface area contributed by atoms with Crippen molar-refractivity contribution in [3.63, 3.8) is 0 Å². The average molecular weight is 411 g/mol. The Morgan fingerprint density at radius 2 is 1.83 bits per heavy atom. The van der Waals surface area contributed by atoms with Gasteiger partial charge in [0.1, 0.15) is 6.04 Å². The van der Waals surface area contributed by atoms with Gasteiger partial charge in [0.2, 0.25) is 5.91 Å². The third kappa shape index (κ3) is 4.81. The Hall–Kier alpha value is -2.87. The van der Waals surface area contributed by atoms with Crippen LogP contribution in [-0.4, -0.2) is 63.7 Å². The minimum Gasteiger partial charge on any atom is -0.324 e. The van der Waals surface area contributed by atoms with Crippen molar-refractivity contribution in [1.82, 2.24) is 19.6 Å². The van der Waals surface area contributed by atoms with Crippen molar-refractivity contribution in [1.29, 1.82) is 0 Å². The Morgan fingerprint density at radius 1 is 1.07 bits per heavy atom. The first-order chi connectivity index (χ1) is 14.6. The fraction of sp³-hybridized carbons (Fsp3) is 0.500. The Kier molecular flexibility index (Phi) is 6.32. The molecule has 0 saturated carbocycles. The van der Waals surface area contributed by atoms with Crippen LogP contribution < -0.4 is 10.6 Å². The lowest BCUT2D eigenvalue weighted by atomic mass is 10.0. The summed E-state index contributed by atoms with van der Waals surface area (Å²) in [6.45, 7) is 5.66. The van der Waals surface area contributed by atoms with Gasteiger partial charge in [0.05, 0.1) is 0 Å². The van der Waals surface area contributed by atoms with Crippen LogP contribution in [0, 0.1) is 0 Å². The highest BCUT2D eigenvalue weighted by Crippen LogP contribution is 2.22. The molecule has 2 aliphatic heterocycles. The minimum absolute atomic E-state index is 0.0766. The molecule has 2 unspecified atom stereocenters. The largest absolute Gasteiger partial charge is 0.324 e. The minimum atomic E-state index is -0.422. The topological polar surface area (TPSA) is 82.5 Å². The summed E-state index contributed by atoms with van der Waals surface area (Å²) >= 11 is 0. The van der Waals surface area contributed by atoms with Crippen LogP contribution in [0.25, 0.3) is 0 Å². The molecule has 0 spiro atoms. The van der Waals surface area contributed by atoms with E-state index in [4.69, 9.17) is 0 Å². The molecule has 1 aromatic heterocycles. The highest BCUT2D eigenvalue weighted by Gasteiger charge is 2.29. The van der Waals surface area contributed by atoms with Gasteiger partial charge in [-0.05, 0) is 70.0 Å². The maximum Gasteiger partial charge on any atom is 0.321 e. The van der Waals surface area contributed by atoms with Crippen LogP contribution in [0.15, 0.2) is 42.7 Å². The number of carbonyl (C=O) groups is 2. The van der Waals surface area contributed by atoms with E-state index in [2.05, 4.69) is 20.6 Å².